The Morgan fingerprint density at radius 1 is 1.26 bits per heavy atom. The van der Waals surface area contributed by atoms with Crippen molar-refractivity contribution in [2.24, 2.45) is 19.8 Å². The maximum atomic E-state index is 11.9. The van der Waals surface area contributed by atoms with Crippen LogP contribution in [0, 0.1) is 0 Å². The van der Waals surface area contributed by atoms with Gasteiger partial charge < -0.3 is 5.73 Å². The van der Waals surface area contributed by atoms with Gasteiger partial charge in [0.25, 0.3) is 5.56 Å². The molecule has 0 radical (unpaired) electrons. The van der Waals surface area contributed by atoms with Crippen molar-refractivity contribution in [2.75, 3.05) is 13.1 Å². The fraction of sp³-hybridized carbons (Fsp3) is 0.692. The van der Waals surface area contributed by atoms with Crippen molar-refractivity contribution in [3.8, 4) is 0 Å². The highest BCUT2D eigenvalue weighted by molar-refractivity contribution is 5.03. The van der Waals surface area contributed by atoms with Crippen LogP contribution in [0.25, 0.3) is 0 Å². The van der Waals surface area contributed by atoms with E-state index in [0.717, 1.165) is 29.6 Å². The van der Waals surface area contributed by atoms with Gasteiger partial charge in [-0.15, -0.1) is 0 Å². The Morgan fingerprint density at radius 3 is 2.68 bits per heavy atom. The zero-order valence-electron chi connectivity index (χ0n) is 11.6. The van der Waals surface area contributed by atoms with E-state index in [1.165, 1.54) is 13.5 Å². The Bertz CT molecular complexity index is 561. The summed E-state index contributed by atoms with van der Waals surface area (Å²) < 4.78 is 2.67. The van der Waals surface area contributed by atoms with Crippen molar-refractivity contribution in [3.63, 3.8) is 0 Å². The van der Waals surface area contributed by atoms with Crippen LogP contribution < -0.4 is 17.0 Å². The standard InChI is InChI=1S/C13H22N4O2/c1-15-11(7-12(18)16(2)13(15)19)9-17-6-4-3-5-10(17)8-14/h7,10H,3-6,8-9,14H2,1-2H3. The average Bonchev–Trinajstić information content (AvgIpc) is 2.43. The van der Waals surface area contributed by atoms with Gasteiger partial charge in [0.05, 0.1) is 0 Å². The first-order chi connectivity index (χ1) is 9.04. The lowest BCUT2D eigenvalue weighted by atomic mass is 10.0. The molecule has 0 amide bonds. The van der Waals surface area contributed by atoms with Gasteiger partial charge in [-0.3, -0.25) is 18.8 Å². The molecule has 1 atom stereocenters. The summed E-state index contributed by atoms with van der Waals surface area (Å²) in [6.45, 7) is 2.22. The van der Waals surface area contributed by atoms with Gasteiger partial charge in [0, 0.05) is 45.0 Å². The molecule has 6 heteroatoms. The molecule has 1 aliphatic heterocycles. The summed E-state index contributed by atoms with van der Waals surface area (Å²) in [5, 5.41) is 0. The molecule has 6 nitrogen and oxygen atoms in total. The second kappa shape index (κ2) is 5.71. The molecule has 2 heterocycles. The molecule has 1 aliphatic rings. The molecule has 1 fully saturated rings. The Kier molecular flexibility index (Phi) is 4.21. The minimum Gasteiger partial charge on any atom is -0.329 e. The van der Waals surface area contributed by atoms with Crippen LogP contribution in [0.2, 0.25) is 0 Å². The van der Waals surface area contributed by atoms with Crippen molar-refractivity contribution < 1.29 is 0 Å². The molecule has 0 spiro atoms. The SMILES string of the molecule is Cn1c(CN2CCCCC2CN)cc(=O)n(C)c1=O. The van der Waals surface area contributed by atoms with Crippen LogP contribution >= 0.6 is 0 Å². The van der Waals surface area contributed by atoms with Gasteiger partial charge in [-0.1, -0.05) is 6.42 Å². The van der Waals surface area contributed by atoms with Crippen LogP contribution in [0.4, 0.5) is 0 Å². The third-order valence-electron chi connectivity index (χ3n) is 4.01. The molecule has 2 rings (SSSR count). The van der Waals surface area contributed by atoms with Crippen molar-refractivity contribution in [1.29, 1.82) is 0 Å². The lowest BCUT2D eigenvalue weighted by Gasteiger charge is -2.35. The largest absolute Gasteiger partial charge is 0.330 e. The summed E-state index contributed by atoms with van der Waals surface area (Å²) in [6, 6.07) is 1.90. The quantitative estimate of drug-likeness (QED) is 0.792. The molecule has 1 saturated heterocycles. The topological polar surface area (TPSA) is 73.3 Å². The van der Waals surface area contributed by atoms with E-state index in [-0.39, 0.29) is 11.2 Å². The molecule has 0 saturated carbocycles. The Morgan fingerprint density at radius 2 is 2.00 bits per heavy atom. The number of nitrogens with two attached hydrogens (primary N) is 1. The Hall–Kier alpha value is -1.40. The predicted molar refractivity (Wildman–Crippen MR) is 74.0 cm³/mol. The van der Waals surface area contributed by atoms with E-state index in [2.05, 4.69) is 4.90 Å². The van der Waals surface area contributed by atoms with E-state index in [1.807, 2.05) is 0 Å². The third kappa shape index (κ3) is 2.79. The summed E-state index contributed by atoms with van der Waals surface area (Å²) >= 11 is 0. The van der Waals surface area contributed by atoms with Gasteiger partial charge in [0.1, 0.15) is 0 Å². The van der Waals surface area contributed by atoms with E-state index in [9.17, 15) is 9.59 Å². The first-order valence-corrected chi connectivity index (χ1v) is 6.74. The molecule has 0 aliphatic carbocycles. The second-order valence-corrected chi connectivity index (χ2v) is 5.23. The number of hydrogen-bond acceptors (Lipinski definition) is 4. The van der Waals surface area contributed by atoms with Crippen LogP contribution in [-0.2, 0) is 20.6 Å². The first kappa shape index (κ1) is 14.0. The van der Waals surface area contributed by atoms with Gasteiger partial charge in [-0.25, -0.2) is 4.79 Å². The molecule has 106 valence electrons. The third-order valence-corrected chi connectivity index (χ3v) is 4.01. The molecule has 1 aromatic rings. The smallest absolute Gasteiger partial charge is 0.329 e. The van der Waals surface area contributed by atoms with Crippen LogP contribution in [0.15, 0.2) is 15.7 Å². The summed E-state index contributed by atoms with van der Waals surface area (Å²) in [7, 11) is 3.20. The average molecular weight is 266 g/mol. The van der Waals surface area contributed by atoms with Crippen molar-refractivity contribution in [2.45, 2.75) is 31.8 Å². The molecule has 1 aromatic heterocycles. The van der Waals surface area contributed by atoms with Crippen LogP contribution in [0.3, 0.4) is 0 Å². The number of aromatic nitrogens is 2. The number of piperidine rings is 1. The fourth-order valence-corrected chi connectivity index (χ4v) is 2.67. The number of hydrogen-bond donors (Lipinski definition) is 1. The number of nitrogens with zero attached hydrogens (tertiary/aromatic N) is 3. The summed E-state index contributed by atoms with van der Waals surface area (Å²) in [6.07, 6.45) is 3.44. The molecular formula is C13H22N4O2. The van der Waals surface area contributed by atoms with E-state index in [1.54, 1.807) is 17.7 Å². The normalized spacial score (nSPS) is 20.7. The van der Waals surface area contributed by atoms with E-state index in [0.29, 0.717) is 19.1 Å². The van der Waals surface area contributed by atoms with E-state index < -0.39 is 0 Å². The lowest BCUT2D eigenvalue weighted by molar-refractivity contribution is 0.141. The zero-order valence-corrected chi connectivity index (χ0v) is 11.6. The van der Waals surface area contributed by atoms with Crippen molar-refractivity contribution in [3.05, 3.63) is 32.6 Å². The molecule has 2 N–H and O–H groups in total. The van der Waals surface area contributed by atoms with Gasteiger partial charge in [0.2, 0.25) is 0 Å². The summed E-state index contributed by atoms with van der Waals surface area (Å²) in [5.41, 5.74) is 6.03. The molecule has 1 unspecified atom stereocenters. The van der Waals surface area contributed by atoms with Crippen LogP contribution in [-0.4, -0.2) is 33.2 Å². The Labute approximate surface area is 112 Å². The zero-order chi connectivity index (χ0) is 14.0. The van der Waals surface area contributed by atoms with Crippen LogP contribution in [0.1, 0.15) is 25.0 Å². The fourth-order valence-electron chi connectivity index (χ4n) is 2.67. The first-order valence-electron chi connectivity index (χ1n) is 6.74. The minimum absolute atomic E-state index is 0.251. The predicted octanol–water partition coefficient (Wildman–Crippen LogP) is -0.603. The van der Waals surface area contributed by atoms with Crippen LogP contribution in [0.5, 0.6) is 0 Å². The van der Waals surface area contributed by atoms with Gasteiger partial charge >= 0.3 is 5.69 Å². The Balaban J connectivity index is 2.28. The van der Waals surface area contributed by atoms with Crippen molar-refractivity contribution in [1.82, 2.24) is 14.0 Å². The highest BCUT2D eigenvalue weighted by atomic mass is 16.2. The second-order valence-electron chi connectivity index (χ2n) is 5.23. The highest BCUT2D eigenvalue weighted by Crippen LogP contribution is 2.17. The van der Waals surface area contributed by atoms with Gasteiger partial charge in [0.15, 0.2) is 0 Å². The summed E-state index contributed by atoms with van der Waals surface area (Å²) in [4.78, 5) is 25.9. The number of likely N-dealkylation sites (tertiary alicyclic amines) is 1. The van der Waals surface area contributed by atoms with Gasteiger partial charge in [-0.05, 0) is 19.4 Å². The lowest BCUT2D eigenvalue weighted by Crippen LogP contribution is -2.45. The maximum Gasteiger partial charge on any atom is 0.330 e. The number of rotatable bonds is 3. The summed E-state index contributed by atoms with van der Waals surface area (Å²) in [5.74, 6) is 0. The molecule has 0 bridgehead atoms. The molecular weight excluding hydrogens is 244 g/mol. The highest BCUT2D eigenvalue weighted by Gasteiger charge is 2.22. The van der Waals surface area contributed by atoms with E-state index >= 15 is 0 Å². The molecule has 19 heavy (non-hydrogen) atoms. The monoisotopic (exact) mass is 266 g/mol. The maximum absolute atomic E-state index is 11.9. The van der Waals surface area contributed by atoms with Gasteiger partial charge in [-0.2, -0.15) is 0 Å². The molecule has 0 aromatic carbocycles. The minimum atomic E-state index is -0.274. The van der Waals surface area contributed by atoms with Crippen molar-refractivity contribution >= 4 is 0 Å². The van der Waals surface area contributed by atoms with E-state index in [4.69, 9.17) is 5.73 Å².